The highest BCUT2D eigenvalue weighted by Gasteiger charge is 2.39. The third-order valence-electron chi connectivity index (χ3n) is 4.86. The third kappa shape index (κ3) is 2.93. The summed E-state index contributed by atoms with van der Waals surface area (Å²) in [5, 5.41) is 19.6. The van der Waals surface area contributed by atoms with Crippen LogP contribution in [0.1, 0.15) is 22.4 Å². The van der Waals surface area contributed by atoms with Gasteiger partial charge in [-0.2, -0.15) is 0 Å². The van der Waals surface area contributed by atoms with Crippen molar-refractivity contribution in [3.63, 3.8) is 0 Å². The Bertz CT molecular complexity index is 924. The molecular formula is C24H19NO2. The Morgan fingerprint density at radius 3 is 1.48 bits per heavy atom. The lowest BCUT2D eigenvalue weighted by atomic mass is 9.67. The molecule has 0 saturated heterocycles. The van der Waals surface area contributed by atoms with Crippen LogP contribution in [-0.2, 0) is 5.41 Å². The van der Waals surface area contributed by atoms with E-state index in [-0.39, 0.29) is 11.5 Å². The number of rotatable bonds is 4. The van der Waals surface area contributed by atoms with Crippen LogP contribution in [0.5, 0.6) is 11.5 Å². The molecule has 1 aromatic heterocycles. The molecule has 1 heterocycles. The Balaban J connectivity index is 2.11. The van der Waals surface area contributed by atoms with Crippen LogP contribution in [0.2, 0.25) is 0 Å². The smallest absolute Gasteiger partial charge is 0.115 e. The molecule has 4 aromatic rings. The average molecular weight is 353 g/mol. The van der Waals surface area contributed by atoms with Gasteiger partial charge in [0.25, 0.3) is 0 Å². The minimum atomic E-state index is -0.677. The molecule has 0 saturated carbocycles. The van der Waals surface area contributed by atoms with E-state index < -0.39 is 5.41 Å². The Hall–Kier alpha value is -3.59. The molecule has 0 aliphatic rings. The molecule has 3 heteroatoms. The summed E-state index contributed by atoms with van der Waals surface area (Å²) in [6, 6.07) is 30.5. The first-order valence-corrected chi connectivity index (χ1v) is 8.77. The van der Waals surface area contributed by atoms with Gasteiger partial charge in [0.05, 0.1) is 11.1 Å². The van der Waals surface area contributed by atoms with Gasteiger partial charge in [-0.05, 0) is 53.1 Å². The first-order valence-electron chi connectivity index (χ1n) is 8.77. The zero-order valence-corrected chi connectivity index (χ0v) is 14.7. The summed E-state index contributed by atoms with van der Waals surface area (Å²) in [4.78, 5) is 4.70. The van der Waals surface area contributed by atoms with Gasteiger partial charge in [-0.3, -0.25) is 4.98 Å². The number of hydrogen-bond acceptors (Lipinski definition) is 3. The molecule has 2 N–H and O–H groups in total. The highest BCUT2D eigenvalue weighted by molar-refractivity contribution is 5.58. The van der Waals surface area contributed by atoms with E-state index in [2.05, 4.69) is 12.1 Å². The number of pyridine rings is 1. The molecule has 27 heavy (non-hydrogen) atoms. The van der Waals surface area contributed by atoms with Gasteiger partial charge in [0.2, 0.25) is 0 Å². The fourth-order valence-electron chi connectivity index (χ4n) is 3.64. The first-order chi connectivity index (χ1) is 13.2. The molecule has 0 atom stereocenters. The lowest BCUT2D eigenvalue weighted by Gasteiger charge is -2.35. The molecule has 132 valence electrons. The van der Waals surface area contributed by atoms with E-state index in [9.17, 15) is 10.2 Å². The molecule has 0 radical (unpaired) electrons. The van der Waals surface area contributed by atoms with Crippen molar-refractivity contribution < 1.29 is 10.2 Å². The number of benzene rings is 3. The fourth-order valence-corrected chi connectivity index (χ4v) is 3.64. The molecule has 0 amide bonds. The monoisotopic (exact) mass is 353 g/mol. The SMILES string of the molecule is Oc1ccc(C(c2ccccc2)(c2ccc(O)cc2)c2ccccn2)cc1. The number of phenolic OH excluding ortho intramolecular Hbond substituents is 2. The molecule has 3 aromatic carbocycles. The van der Waals surface area contributed by atoms with E-state index >= 15 is 0 Å². The number of hydrogen-bond donors (Lipinski definition) is 2. The van der Waals surface area contributed by atoms with E-state index in [0.29, 0.717) is 0 Å². The fraction of sp³-hybridized carbons (Fsp3) is 0.0417. The third-order valence-corrected chi connectivity index (χ3v) is 4.86. The van der Waals surface area contributed by atoms with Crippen LogP contribution in [0.15, 0.2) is 103 Å². The summed E-state index contributed by atoms with van der Waals surface area (Å²) in [7, 11) is 0. The summed E-state index contributed by atoms with van der Waals surface area (Å²) < 4.78 is 0. The van der Waals surface area contributed by atoms with Crippen LogP contribution in [-0.4, -0.2) is 15.2 Å². The molecule has 0 unspecified atom stereocenters. The maximum Gasteiger partial charge on any atom is 0.115 e. The summed E-state index contributed by atoms with van der Waals surface area (Å²) in [6.45, 7) is 0. The van der Waals surface area contributed by atoms with Gasteiger partial charge in [-0.25, -0.2) is 0 Å². The van der Waals surface area contributed by atoms with Gasteiger partial charge in [0.15, 0.2) is 0 Å². The Kier molecular flexibility index (Phi) is 4.35. The quantitative estimate of drug-likeness (QED) is 0.514. The predicted octanol–water partition coefficient (Wildman–Crippen LogP) is 4.88. The van der Waals surface area contributed by atoms with E-state index in [4.69, 9.17) is 4.98 Å². The topological polar surface area (TPSA) is 53.4 Å². The van der Waals surface area contributed by atoms with Crippen molar-refractivity contribution in [3.05, 3.63) is 126 Å². The Morgan fingerprint density at radius 1 is 0.519 bits per heavy atom. The van der Waals surface area contributed by atoms with Crippen LogP contribution in [0.3, 0.4) is 0 Å². The van der Waals surface area contributed by atoms with Gasteiger partial charge >= 0.3 is 0 Å². The van der Waals surface area contributed by atoms with Crippen molar-refractivity contribution in [2.24, 2.45) is 0 Å². The zero-order chi connectivity index (χ0) is 18.7. The van der Waals surface area contributed by atoms with Gasteiger partial charge in [-0.1, -0.05) is 60.7 Å². The number of aromatic nitrogens is 1. The minimum absolute atomic E-state index is 0.215. The summed E-state index contributed by atoms with van der Waals surface area (Å²) >= 11 is 0. The molecule has 3 nitrogen and oxygen atoms in total. The molecule has 0 spiro atoms. The minimum Gasteiger partial charge on any atom is -0.508 e. The zero-order valence-electron chi connectivity index (χ0n) is 14.7. The van der Waals surface area contributed by atoms with Crippen molar-refractivity contribution in [2.75, 3.05) is 0 Å². The van der Waals surface area contributed by atoms with E-state index in [1.54, 1.807) is 30.5 Å². The van der Waals surface area contributed by atoms with Crippen LogP contribution in [0.25, 0.3) is 0 Å². The average Bonchev–Trinajstić information content (AvgIpc) is 2.73. The van der Waals surface area contributed by atoms with E-state index in [1.165, 1.54) is 0 Å². The molecule has 0 bridgehead atoms. The van der Waals surface area contributed by atoms with Gasteiger partial charge in [0.1, 0.15) is 11.5 Å². The summed E-state index contributed by atoms with van der Waals surface area (Å²) in [5.41, 5.74) is 3.21. The molecule has 4 rings (SSSR count). The molecule has 0 fully saturated rings. The number of nitrogens with zero attached hydrogens (tertiary/aromatic N) is 1. The second-order valence-corrected chi connectivity index (χ2v) is 6.42. The van der Waals surface area contributed by atoms with Crippen LogP contribution >= 0.6 is 0 Å². The van der Waals surface area contributed by atoms with Gasteiger partial charge in [0, 0.05) is 6.20 Å². The van der Waals surface area contributed by atoms with E-state index in [1.807, 2.05) is 60.7 Å². The molecule has 0 aliphatic heterocycles. The first kappa shape index (κ1) is 16.9. The molecule has 0 aliphatic carbocycles. The van der Waals surface area contributed by atoms with E-state index in [0.717, 1.165) is 22.4 Å². The van der Waals surface area contributed by atoms with Crippen molar-refractivity contribution in [1.82, 2.24) is 4.98 Å². The van der Waals surface area contributed by atoms with Crippen LogP contribution in [0.4, 0.5) is 0 Å². The highest BCUT2D eigenvalue weighted by atomic mass is 16.3. The maximum absolute atomic E-state index is 9.82. The summed E-state index contributed by atoms with van der Waals surface area (Å²) in [5.74, 6) is 0.430. The van der Waals surface area contributed by atoms with Crippen molar-refractivity contribution in [1.29, 1.82) is 0 Å². The predicted molar refractivity (Wildman–Crippen MR) is 106 cm³/mol. The second kappa shape index (κ2) is 6.96. The maximum atomic E-state index is 9.82. The highest BCUT2D eigenvalue weighted by Crippen LogP contribution is 2.44. The number of aromatic hydroxyl groups is 2. The number of phenols is 2. The van der Waals surface area contributed by atoms with Crippen molar-refractivity contribution in [3.8, 4) is 11.5 Å². The van der Waals surface area contributed by atoms with Crippen LogP contribution in [0, 0.1) is 0 Å². The van der Waals surface area contributed by atoms with Crippen molar-refractivity contribution in [2.45, 2.75) is 5.41 Å². The van der Waals surface area contributed by atoms with Gasteiger partial charge < -0.3 is 10.2 Å². The normalized spacial score (nSPS) is 11.3. The lowest BCUT2D eigenvalue weighted by Crippen LogP contribution is -2.31. The second-order valence-electron chi connectivity index (χ2n) is 6.42. The molecular weight excluding hydrogens is 334 g/mol. The Morgan fingerprint density at radius 2 is 1.00 bits per heavy atom. The van der Waals surface area contributed by atoms with Crippen molar-refractivity contribution >= 4 is 0 Å². The van der Waals surface area contributed by atoms with Gasteiger partial charge in [-0.15, -0.1) is 0 Å². The summed E-state index contributed by atoms with van der Waals surface area (Å²) in [6.07, 6.45) is 1.79. The standard InChI is InChI=1S/C24H19NO2/c26-21-13-9-19(10-14-21)24(18-6-2-1-3-7-18,23-8-4-5-17-25-23)20-11-15-22(27)16-12-20/h1-17,26-27H. The lowest BCUT2D eigenvalue weighted by molar-refractivity contribution is 0.474. The largest absolute Gasteiger partial charge is 0.508 e. The van der Waals surface area contributed by atoms with Crippen LogP contribution < -0.4 is 0 Å². The Labute approximate surface area is 158 Å².